The van der Waals surface area contributed by atoms with Gasteiger partial charge in [-0.05, 0) is 125 Å². The van der Waals surface area contributed by atoms with Gasteiger partial charge in [0.05, 0.1) is 17.1 Å². The van der Waals surface area contributed by atoms with E-state index in [1.165, 1.54) is 62.6 Å². The standard InChI is InChI=1S/C66H45N3S2/c1-5-19-48(20-6-1)67(49-21-7-2-8-22-49)54-43-55(68(50-23-9-3-10-24-50)52-39-35-46(36-40-52)57-29-17-31-61-59-27-13-15-33-63(59)70-65(57)61)45-56(44-54)69(51-25-11-4-12-26-51)53-41-37-47(38-42-53)58-30-18-32-62-60-28-14-16-34-64(60)71-66(58)62/h1-45H. The quantitative estimate of drug-likeness (QED) is 0.128. The van der Waals surface area contributed by atoms with Crippen molar-refractivity contribution in [3.63, 3.8) is 0 Å². The molecule has 0 aliphatic rings. The van der Waals surface area contributed by atoms with Crippen LogP contribution in [0.1, 0.15) is 0 Å². The maximum Gasteiger partial charge on any atom is 0.0503 e. The molecule has 0 spiro atoms. The molecular weight excluding hydrogens is 899 g/mol. The molecule has 0 N–H and O–H groups in total. The van der Waals surface area contributed by atoms with Crippen molar-refractivity contribution in [2.75, 3.05) is 14.7 Å². The van der Waals surface area contributed by atoms with Crippen molar-refractivity contribution in [3.05, 3.63) is 273 Å². The van der Waals surface area contributed by atoms with Crippen LogP contribution in [0.15, 0.2) is 273 Å². The number of rotatable bonds is 11. The number of hydrogen-bond acceptors (Lipinski definition) is 5. The number of anilines is 9. The topological polar surface area (TPSA) is 9.72 Å². The molecule has 0 atom stereocenters. The first kappa shape index (κ1) is 42.4. The summed E-state index contributed by atoms with van der Waals surface area (Å²) in [4.78, 5) is 7.15. The lowest BCUT2D eigenvalue weighted by Crippen LogP contribution is -2.16. The number of thiophene rings is 2. The van der Waals surface area contributed by atoms with Gasteiger partial charge in [0, 0.05) is 74.5 Å². The van der Waals surface area contributed by atoms with Crippen LogP contribution in [0.5, 0.6) is 0 Å². The molecule has 0 aliphatic carbocycles. The van der Waals surface area contributed by atoms with Crippen LogP contribution in [0.2, 0.25) is 0 Å². The Labute approximate surface area is 421 Å². The highest BCUT2D eigenvalue weighted by atomic mass is 32.1. The lowest BCUT2D eigenvalue weighted by Gasteiger charge is -2.33. The molecular formula is C66H45N3S2. The second-order valence-corrected chi connectivity index (χ2v) is 19.8. The number of fused-ring (bicyclic) bond motifs is 6. The van der Waals surface area contributed by atoms with Gasteiger partial charge in [-0.2, -0.15) is 0 Å². The molecule has 336 valence electrons. The summed E-state index contributed by atoms with van der Waals surface area (Å²) in [6.45, 7) is 0. The second kappa shape index (κ2) is 18.3. The summed E-state index contributed by atoms with van der Waals surface area (Å²) in [5.74, 6) is 0. The van der Waals surface area contributed by atoms with E-state index in [0.717, 1.165) is 51.2 Å². The van der Waals surface area contributed by atoms with Crippen molar-refractivity contribution in [3.8, 4) is 22.3 Å². The van der Waals surface area contributed by atoms with Crippen molar-refractivity contribution in [2.45, 2.75) is 0 Å². The molecule has 0 radical (unpaired) electrons. The summed E-state index contributed by atoms with van der Waals surface area (Å²) in [6, 6.07) is 99.0. The summed E-state index contributed by atoms with van der Waals surface area (Å²) in [6.07, 6.45) is 0. The van der Waals surface area contributed by atoms with Gasteiger partial charge in [0.15, 0.2) is 0 Å². The molecule has 0 fully saturated rings. The third-order valence-electron chi connectivity index (χ3n) is 13.4. The van der Waals surface area contributed by atoms with Crippen LogP contribution in [-0.2, 0) is 0 Å². The smallest absolute Gasteiger partial charge is 0.0503 e. The van der Waals surface area contributed by atoms with Gasteiger partial charge in [0.2, 0.25) is 0 Å². The number of benzene rings is 11. The highest BCUT2D eigenvalue weighted by Crippen LogP contribution is 2.48. The number of para-hydroxylation sites is 4. The Bertz CT molecular complexity index is 3720. The van der Waals surface area contributed by atoms with E-state index in [1.807, 2.05) is 22.7 Å². The van der Waals surface area contributed by atoms with Crippen LogP contribution in [0.4, 0.5) is 51.2 Å². The summed E-state index contributed by atoms with van der Waals surface area (Å²) >= 11 is 3.74. The number of nitrogens with zero attached hydrogens (tertiary/aromatic N) is 3. The van der Waals surface area contributed by atoms with Crippen LogP contribution >= 0.6 is 22.7 Å². The molecule has 0 unspecified atom stereocenters. The van der Waals surface area contributed by atoms with Gasteiger partial charge in [-0.25, -0.2) is 0 Å². The van der Waals surface area contributed by atoms with E-state index in [2.05, 4.69) is 288 Å². The summed E-state index contributed by atoms with van der Waals surface area (Å²) in [5, 5.41) is 5.22. The predicted molar refractivity (Wildman–Crippen MR) is 307 cm³/mol. The molecule has 2 heterocycles. The van der Waals surface area contributed by atoms with E-state index >= 15 is 0 Å². The van der Waals surface area contributed by atoms with Crippen LogP contribution in [0.3, 0.4) is 0 Å². The molecule has 2 aromatic heterocycles. The van der Waals surface area contributed by atoms with Crippen LogP contribution in [-0.4, -0.2) is 0 Å². The van der Waals surface area contributed by atoms with E-state index in [9.17, 15) is 0 Å². The molecule has 0 saturated carbocycles. The Hall–Kier alpha value is -8.74. The average molecular weight is 944 g/mol. The summed E-state index contributed by atoms with van der Waals surface area (Å²) in [7, 11) is 0. The zero-order valence-electron chi connectivity index (χ0n) is 38.6. The molecule has 13 rings (SSSR count). The van der Waals surface area contributed by atoms with Crippen LogP contribution < -0.4 is 14.7 Å². The third-order valence-corrected chi connectivity index (χ3v) is 15.8. The van der Waals surface area contributed by atoms with Crippen molar-refractivity contribution < 1.29 is 0 Å². The Morgan fingerprint density at radius 1 is 0.211 bits per heavy atom. The zero-order chi connectivity index (χ0) is 47.1. The van der Waals surface area contributed by atoms with E-state index < -0.39 is 0 Å². The minimum atomic E-state index is 1.02. The van der Waals surface area contributed by atoms with Crippen molar-refractivity contribution in [1.82, 2.24) is 0 Å². The van der Waals surface area contributed by atoms with Crippen LogP contribution in [0, 0.1) is 0 Å². The molecule has 0 amide bonds. The van der Waals surface area contributed by atoms with Gasteiger partial charge in [-0.15, -0.1) is 22.7 Å². The SMILES string of the molecule is c1ccc(N(c2ccccc2)c2cc(N(c3ccccc3)c3ccc(-c4cccc5c4sc4ccccc45)cc3)cc(N(c3ccccc3)c3ccc(-c4cccc5c4sc4ccccc45)cc3)c2)cc1. The maximum atomic E-state index is 2.39. The first-order valence-corrected chi connectivity index (χ1v) is 25.6. The first-order chi connectivity index (χ1) is 35.2. The van der Waals surface area contributed by atoms with Crippen molar-refractivity contribution in [2.24, 2.45) is 0 Å². The third kappa shape index (κ3) is 7.88. The van der Waals surface area contributed by atoms with Gasteiger partial charge in [-0.1, -0.05) is 170 Å². The highest BCUT2D eigenvalue weighted by molar-refractivity contribution is 7.26. The van der Waals surface area contributed by atoms with Crippen molar-refractivity contribution in [1.29, 1.82) is 0 Å². The molecule has 0 aliphatic heterocycles. The summed E-state index contributed by atoms with van der Waals surface area (Å²) in [5.41, 5.74) is 14.3. The zero-order valence-corrected chi connectivity index (χ0v) is 40.3. The Morgan fingerprint density at radius 2 is 0.493 bits per heavy atom. The van der Waals surface area contributed by atoms with E-state index in [4.69, 9.17) is 0 Å². The fourth-order valence-electron chi connectivity index (χ4n) is 10.1. The highest BCUT2D eigenvalue weighted by Gasteiger charge is 2.23. The molecule has 3 nitrogen and oxygen atoms in total. The largest absolute Gasteiger partial charge is 0.310 e. The lowest BCUT2D eigenvalue weighted by atomic mass is 10.0. The fraction of sp³-hybridized carbons (Fsp3) is 0. The first-order valence-electron chi connectivity index (χ1n) is 24.0. The van der Waals surface area contributed by atoms with E-state index in [1.54, 1.807) is 0 Å². The van der Waals surface area contributed by atoms with Gasteiger partial charge >= 0.3 is 0 Å². The molecule has 11 aromatic carbocycles. The minimum Gasteiger partial charge on any atom is -0.310 e. The van der Waals surface area contributed by atoms with Gasteiger partial charge in [0.25, 0.3) is 0 Å². The molecule has 5 heteroatoms. The predicted octanol–water partition coefficient (Wildman–Crippen LogP) is 20.2. The Kier molecular flexibility index (Phi) is 10.9. The molecule has 0 bridgehead atoms. The lowest BCUT2D eigenvalue weighted by molar-refractivity contribution is 1.22. The Morgan fingerprint density at radius 3 is 0.831 bits per heavy atom. The molecule has 0 saturated heterocycles. The Balaban J connectivity index is 0.993. The van der Waals surface area contributed by atoms with Gasteiger partial charge < -0.3 is 14.7 Å². The maximum absolute atomic E-state index is 2.39. The average Bonchev–Trinajstić information content (AvgIpc) is 4.02. The second-order valence-electron chi connectivity index (χ2n) is 17.7. The van der Waals surface area contributed by atoms with Crippen molar-refractivity contribution >= 4 is 114 Å². The monoisotopic (exact) mass is 943 g/mol. The molecule has 71 heavy (non-hydrogen) atoms. The van der Waals surface area contributed by atoms with E-state index in [-0.39, 0.29) is 0 Å². The van der Waals surface area contributed by atoms with E-state index in [0.29, 0.717) is 0 Å². The fourth-order valence-corrected chi connectivity index (χ4v) is 12.6. The van der Waals surface area contributed by atoms with Gasteiger partial charge in [-0.3, -0.25) is 0 Å². The normalized spacial score (nSPS) is 11.4. The van der Waals surface area contributed by atoms with Gasteiger partial charge in [0.1, 0.15) is 0 Å². The van der Waals surface area contributed by atoms with Crippen LogP contribution in [0.25, 0.3) is 62.6 Å². The minimum absolute atomic E-state index is 1.02. The summed E-state index contributed by atoms with van der Waals surface area (Å²) < 4.78 is 5.24. The number of hydrogen-bond donors (Lipinski definition) is 0. The molecule has 13 aromatic rings.